The van der Waals surface area contributed by atoms with Gasteiger partial charge in [0.05, 0.1) is 12.0 Å². The van der Waals surface area contributed by atoms with Gasteiger partial charge in [0.25, 0.3) is 0 Å². The summed E-state index contributed by atoms with van der Waals surface area (Å²) in [7, 11) is 4.03. The van der Waals surface area contributed by atoms with Crippen LogP contribution >= 0.6 is 0 Å². The summed E-state index contributed by atoms with van der Waals surface area (Å²) in [4.78, 5) is 19.5. The summed E-state index contributed by atoms with van der Waals surface area (Å²) in [6, 6.07) is 0.324. The number of esters is 1. The number of nitrogens with zero attached hydrogens (tertiary/aromatic N) is 3. The Hall–Kier alpha value is -0.730. The van der Waals surface area contributed by atoms with E-state index in [0.29, 0.717) is 13.0 Å². The maximum absolute atomic E-state index is 12.9. The monoisotopic (exact) mass is 455 g/mol. The third-order valence-electron chi connectivity index (χ3n) is 7.26. The first kappa shape index (κ1) is 27.5. The number of rotatable bonds is 12. The number of carbonyl (C=O) groups is 1. The highest BCUT2D eigenvalue weighted by Crippen LogP contribution is 2.34. The van der Waals surface area contributed by atoms with Crippen molar-refractivity contribution >= 4 is 5.97 Å². The van der Waals surface area contributed by atoms with E-state index >= 15 is 0 Å². The molecule has 2 aliphatic heterocycles. The molecule has 7 heteroatoms. The molecule has 4 atom stereocenters. The van der Waals surface area contributed by atoms with E-state index in [4.69, 9.17) is 4.74 Å². The van der Waals surface area contributed by atoms with E-state index in [-0.39, 0.29) is 24.3 Å². The molecule has 2 heterocycles. The molecule has 188 valence electrons. The molecule has 0 spiro atoms. The molecule has 32 heavy (non-hydrogen) atoms. The van der Waals surface area contributed by atoms with Crippen LogP contribution in [0, 0.1) is 5.41 Å². The fraction of sp³-hybridized carbons (Fsp3) is 0.960. The normalized spacial score (nSPS) is 25.6. The third kappa shape index (κ3) is 8.24. The van der Waals surface area contributed by atoms with Crippen molar-refractivity contribution in [1.29, 1.82) is 0 Å². The predicted octanol–water partition coefficient (Wildman–Crippen LogP) is 3.04. The molecule has 7 nitrogen and oxygen atoms in total. The summed E-state index contributed by atoms with van der Waals surface area (Å²) in [5.41, 5.74) is -0.624. The number of ether oxygens (including phenoxy) is 1. The van der Waals surface area contributed by atoms with Gasteiger partial charge in [-0.3, -0.25) is 14.6 Å². The van der Waals surface area contributed by atoms with E-state index in [1.165, 1.54) is 6.42 Å². The molecule has 0 aliphatic carbocycles. The average Bonchev–Trinajstić information content (AvgIpc) is 3.05. The van der Waals surface area contributed by atoms with Gasteiger partial charge in [0, 0.05) is 31.7 Å². The quantitative estimate of drug-likeness (QED) is 0.346. The second-order valence-corrected chi connectivity index (χ2v) is 10.8. The van der Waals surface area contributed by atoms with Gasteiger partial charge in [-0.05, 0) is 85.7 Å². The SMILES string of the molecule is CCC(CC(CC(C)(C)C(=O)OCCCN(C)C)N1CCCC1O)N1CCCCCC1O. The van der Waals surface area contributed by atoms with Crippen LogP contribution in [0.4, 0.5) is 0 Å². The van der Waals surface area contributed by atoms with Crippen molar-refractivity contribution < 1.29 is 19.7 Å². The van der Waals surface area contributed by atoms with Crippen LogP contribution in [0.3, 0.4) is 0 Å². The molecule has 0 radical (unpaired) electrons. The van der Waals surface area contributed by atoms with Crippen molar-refractivity contribution in [3.63, 3.8) is 0 Å². The van der Waals surface area contributed by atoms with Gasteiger partial charge in [-0.2, -0.15) is 0 Å². The van der Waals surface area contributed by atoms with Gasteiger partial charge in [0.15, 0.2) is 0 Å². The third-order valence-corrected chi connectivity index (χ3v) is 7.26. The van der Waals surface area contributed by atoms with Crippen molar-refractivity contribution in [3.05, 3.63) is 0 Å². The first-order valence-electron chi connectivity index (χ1n) is 12.8. The van der Waals surface area contributed by atoms with Crippen LogP contribution in [0.25, 0.3) is 0 Å². The average molecular weight is 456 g/mol. The first-order chi connectivity index (χ1) is 15.2. The molecule has 2 N–H and O–H groups in total. The van der Waals surface area contributed by atoms with E-state index in [9.17, 15) is 15.0 Å². The lowest BCUT2D eigenvalue weighted by Crippen LogP contribution is -2.49. The number of likely N-dealkylation sites (tertiary alicyclic amines) is 2. The molecule has 0 amide bonds. The second-order valence-electron chi connectivity index (χ2n) is 10.8. The van der Waals surface area contributed by atoms with Gasteiger partial charge < -0.3 is 19.8 Å². The molecule has 2 fully saturated rings. The Morgan fingerprint density at radius 3 is 2.25 bits per heavy atom. The standard InChI is InChI=1S/C25H49N3O4/c1-6-20(27-15-9-7-8-12-22(27)29)18-21(28-16-10-13-23(28)30)19-25(2,3)24(31)32-17-11-14-26(4)5/h20-23,29-30H,6-19H2,1-5H3. The minimum Gasteiger partial charge on any atom is -0.465 e. The highest BCUT2D eigenvalue weighted by molar-refractivity contribution is 5.75. The summed E-state index contributed by atoms with van der Waals surface area (Å²) in [6.07, 6.45) is 8.42. The number of hydrogen-bond acceptors (Lipinski definition) is 7. The Bertz CT molecular complexity index is 557. The smallest absolute Gasteiger partial charge is 0.311 e. The van der Waals surface area contributed by atoms with Crippen molar-refractivity contribution in [3.8, 4) is 0 Å². The minimum atomic E-state index is -0.624. The molecule has 4 unspecified atom stereocenters. The lowest BCUT2D eigenvalue weighted by atomic mass is 9.82. The van der Waals surface area contributed by atoms with Crippen LogP contribution < -0.4 is 0 Å². The molecule has 0 saturated carbocycles. The van der Waals surface area contributed by atoms with Crippen LogP contribution in [0.1, 0.15) is 85.0 Å². The summed E-state index contributed by atoms with van der Waals surface area (Å²) in [5, 5.41) is 21.4. The van der Waals surface area contributed by atoms with E-state index in [1.54, 1.807) is 0 Å². The number of hydrogen-bond donors (Lipinski definition) is 2. The van der Waals surface area contributed by atoms with E-state index < -0.39 is 11.6 Å². The van der Waals surface area contributed by atoms with Crippen LogP contribution in [0.15, 0.2) is 0 Å². The molecule has 0 aromatic carbocycles. The molecule has 2 aliphatic rings. The Balaban J connectivity index is 2.07. The van der Waals surface area contributed by atoms with Crippen molar-refractivity contribution in [1.82, 2.24) is 14.7 Å². The molecule has 0 bridgehead atoms. The number of carbonyl (C=O) groups excluding carboxylic acids is 1. The molecule has 0 aromatic rings. The first-order valence-corrected chi connectivity index (χ1v) is 12.8. The van der Waals surface area contributed by atoms with Crippen LogP contribution in [0.2, 0.25) is 0 Å². The lowest BCUT2D eigenvalue weighted by Gasteiger charge is -2.41. The zero-order chi connectivity index (χ0) is 23.7. The Kier molecular flexibility index (Phi) is 11.4. The fourth-order valence-corrected chi connectivity index (χ4v) is 5.34. The van der Waals surface area contributed by atoms with E-state index in [2.05, 4.69) is 21.6 Å². The molecular formula is C25H49N3O4. The van der Waals surface area contributed by atoms with E-state index in [1.807, 2.05) is 27.9 Å². The van der Waals surface area contributed by atoms with Gasteiger partial charge in [-0.1, -0.05) is 13.3 Å². The van der Waals surface area contributed by atoms with Crippen LogP contribution in [-0.4, -0.2) is 95.8 Å². The highest BCUT2D eigenvalue weighted by Gasteiger charge is 2.39. The van der Waals surface area contributed by atoms with Crippen LogP contribution in [0.5, 0.6) is 0 Å². The van der Waals surface area contributed by atoms with Crippen molar-refractivity contribution in [2.45, 2.75) is 110 Å². The largest absolute Gasteiger partial charge is 0.465 e. The maximum atomic E-state index is 12.9. The zero-order valence-electron chi connectivity index (χ0n) is 21.3. The summed E-state index contributed by atoms with van der Waals surface area (Å²) in [5.74, 6) is -0.155. The zero-order valence-corrected chi connectivity index (χ0v) is 21.3. The molecular weight excluding hydrogens is 406 g/mol. The summed E-state index contributed by atoms with van der Waals surface area (Å²) >= 11 is 0. The Morgan fingerprint density at radius 2 is 1.66 bits per heavy atom. The van der Waals surface area contributed by atoms with Gasteiger partial charge in [-0.25, -0.2) is 0 Å². The fourth-order valence-electron chi connectivity index (χ4n) is 5.34. The highest BCUT2D eigenvalue weighted by atomic mass is 16.5. The maximum Gasteiger partial charge on any atom is 0.311 e. The van der Waals surface area contributed by atoms with Crippen LogP contribution in [-0.2, 0) is 9.53 Å². The van der Waals surface area contributed by atoms with E-state index in [0.717, 1.165) is 71.0 Å². The number of aliphatic hydroxyl groups is 2. The van der Waals surface area contributed by atoms with Gasteiger partial charge in [0.1, 0.15) is 12.5 Å². The lowest BCUT2D eigenvalue weighted by molar-refractivity contribution is -0.156. The summed E-state index contributed by atoms with van der Waals surface area (Å²) < 4.78 is 5.63. The molecule has 2 rings (SSSR count). The number of aliphatic hydroxyl groups excluding tert-OH is 2. The van der Waals surface area contributed by atoms with Crippen molar-refractivity contribution in [2.75, 3.05) is 40.3 Å². The Labute approximate surface area is 196 Å². The van der Waals surface area contributed by atoms with Gasteiger partial charge in [0.2, 0.25) is 0 Å². The Morgan fingerprint density at radius 1 is 1.03 bits per heavy atom. The van der Waals surface area contributed by atoms with Gasteiger partial charge >= 0.3 is 5.97 Å². The topological polar surface area (TPSA) is 76.5 Å². The van der Waals surface area contributed by atoms with Gasteiger partial charge in [-0.15, -0.1) is 0 Å². The predicted molar refractivity (Wildman–Crippen MR) is 128 cm³/mol. The second kappa shape index (κ2) is 13.2. The molecule has 0 aromatic heterocycles. The molecule has 2 saturated heterocycles. The summed E-state index contributed by atoms with van der Waals surface area (Å²) in [6.45, 7) is 9.24. The van der Waals surface area contributed by atoms with Crippen molar-refractivity contribution in [2.24, 2.45) is 5.41 Å². The minimum absolute atomic E-state index is 0.0808.